The van der Waals surface area contributed by atoms with E-state index in [2.05, 4.69) is 10.6 Å². The van der Waals surface area contributed by atoms with Gasteiger partial charge in [-0.2, -0.15) is 0 Å². The Labute approximate surface area is 137 Å². The average Bonchev–Trinajstić information content (AvgIpc) is 2.47. The molecule has 1 rings (SSSR count). The molecule has 0 aliphatic rings. The monoisotopic (exact) mass is 328 g/mol. The molecule has 0 bridgehead atoms. The number of benzene rings is 1. The summed E-state index contributed by atoms with van der Waals surface area (Å²) in [6, 6.07) is 5.29. The maximum absolute atomic E-state index is 11.7. The molecule has 0 aliphatic carbocycles. The van der Waals surface area contributed by atoms with Gasteiger partial charge in [-0.05, 0) is 36.0 Å². The number of hydrogen-bond donors (Lipinski definition) is 3. The van der Waals surface area contributed by atoms with Gasteiger partial charge in [0, 0.05) is 24.7 Å². The van der Waals surface area contributed by atoms with Gasteiger partial charge < -0.3 is 20.5 Å². The maximum Gasteiger partial charge on any atom is 0.314 e. The van der Waals surface area contributed by atoms with Crippen molar-refractivity contribution in [2.75, 3.05) is 26.8 Å². The van der Waals surface area contributed by atoms with Crippen LogP contribution in [0.3, 0.4) is 0 Å². The molecule has 0 heterocycles. The van der Waals surface area contributed by atoms with Crippen LogP contribution in [-0.4, -0.2) is 37.9 Å². The Hall–Kier alpha value is -1.46. The zero-order valence-corrected chi connectivity index (χ0v) is 14.2. The second-order valence-corrected chi connectivity index (χ2v) is 6.36. The number of nitrogens with one attached hydrogen (secondary N) is 2. The van der Waals surface area contributed by atoms with Crippen LogP contribution in [0.15, 0.2) is 18.2 Å². The minimum Gasteiger partial charge on any atom is -0.497 e. The van der Waals surface area contributed by atoms with Crippen molar-refractivity contribution in [3.63, 3.8) is 0 Å². The molecule has 0 unspecified atom stereocenters. The Kier molecular flexibility index (Phi) is 7.48. The lowest BCUT2D eigenvalue weighted by Crippen LogP contribution is -2.41. The summed E-state index contributed by atoms with van der Waals surface area (Å²) in [6.45, 7) is 5.13. The van der Waals surface area contributed by atoms with Crippen LogP contribution in [0.4, 0.5) is 4.79 Å². The van der Waals surface area contributed by atoms with Crippen LogP contribution in [0, 0.1) is 5.41 Å². The van der Waals surface area contributed by atoms with Crippen molar-refractivity contribution in [2.45, 2.75) is 26.7 Å². The van der Waals surface area contributed by atoms with Gasteiger partial charge in [0.15, 0.2) is 0 Å². The highest BCUT2D eigenvalue weighted by molar-refractivity contribution is 6.31. The molecule has 0 aliphatic heterocycles. The predicted octanol–water partition coefficient (Wildman–Crippen LogP) is 2.60. The van der Waals surface area contributed by atoms with E-state index in [1.54, 1.807) is 13.2 Å². The van der Waals surface area contributed by atoms with Crippen molar-refractivity contribution >= 4 is 17.6 Å². The number of carbonyl (C=O) groups excluding carboxylic acids is 1. The fraction of sp³-hybridized carbons (Fsp3) is 0.562. The number of rotatable bonds is 8. The van der Waals surface area contributed by atoms with Crippen molar-refractivity contribution in [1.29, 1.82) is 0 Å². The Bertz CT molecular complexity index is 492. The molecule has 3 N–H and O–H groups in total. The molecular weight excluding hydrogens is 304 g/mol. The number of ether oxygens (including phenoxy) is 1. The van der Waals surface area contributed by atoms with Crippen LogP contribution < -0.4 is 15.4 Å². The summed E-state index contributed by atoms with van der Waals surface area (Å²) in [4.78, 5) is 11.7. The zero-order chi connectivity index (χ0) is 16.6. The molecule has 1 aromatic rings. The first kappa shape index (κ1) is 18.6. The van der Waals surface area contributed by atoms with Crippen LogP contribution in [0.2, 0.25) is 5.02 Å². The highest BCUT2D eigenvalue weighted by Gasteiger charge is 2.17. The smallest absolute Gasteiger partial charge is 0.314 e. The first-order chi connectivity index (χ1) is 10.4. The van der Waals surface area contributed by atoms with E-state index in [1.165, 1.54) is 0 Å². The maximum atomic E-state index is 11.7. The number of methoxy groups -OCH3 is 1. The normalized spacial score (nSPS) is 11.1. The standard InChI is InChI=1S/C16H25ClN2O3/c1-16(2,7-9-20)11-19-15(21)18-8-6-12-4-5-13(22-3)10-14(12)17/h4-5,10,20H,6-9,11H2,1-3H3,(H2,18,19,21). The van der Waals surface area contributed by atoms with Gasteiger partial charge in [-0.25, -0.2) is 4.79 Å². The summed E-state index contributed by atoms with van der Waals surface area (Å²) in [6.07, 6.45) is 1.30. The number of aliphatic hydroxyl groups is 1. The van der Waals surface area contributed by atoms with Crippen LogP contribution in [0.25, 0.3) is 0 Å². The third-order valence-corrected chi connectivity index (χ3v) is 3.81. The highest BCUT2D eigenvalue weighted by Crippen LogP contribution is 2.22. The van der Waals surface area contributed by atoms with Crippen LogP contribution in [-0.2, 0) is 6.42 Å². The predicted molar refractivity (Wildman–Crippen MR) is 88.6 cm³/mol. The van der Waals surface area contributed by atoms with Crippen molar-refractivity contribution in [1.82, 2.24) is 10.6 Å². The Morgan fingerprint density at radius 2 is 2.09 bits per heavy atom. The molecule has 0 radical (unpaired) electrons. The molecule has 0 saturated heterocycles. The van der Waals surface area contributed by atoms with Gasteiger partial charge in [0.1, 0.15) is 5.75 Å². The largest absolute Gasteiger partial charge is 0.497 e. The highest BCUT2D eigenvalue weighted by atomic mass is 35.5. The number of amides is 2. The fourth-order valence-corrected chi connectivity index (χ4v) is 2.21. The van der Waals surface area contributed by atoms with Gasteiger partial charge in [-0.3, -0.25) is 0 Å². The van der Waals surface area contributed by atoms with Gasteiger partial charge in [0.25, 0.3) is 0 Å². The van der Waals surface area contributed by atoms with Crippen molar-refractivity contribution in [2.24, 2.45) is 5.41 Å². The second-order valence-electron chi connectivity index (χ2n) is 5.95. The van der Waals surface area contributed by atoms with E-state index < -0.39 is 0 Å². The van der Waals surface area contributed by atoms with E-state index in [4.69, 9.17) is 21.4 Å². The summed E-state index contributed by atoms with van der Waals surface area (Å²) < 4.78 is 5.09. The quantitative estimate of drug-likeness (QED) is 0.687. The first-order valence-electron chi connectivity index (χ1n) is 7.33. The van der Waals surface area contributed by atoms with E-state index in [9.17, 15) is 4.79 Å². The van der Waals surface area contributed by atoms with E-state index in [1.807, 2.05) is 26.0 Å². The molecule has 124 valence electrons. The molecule has 2 amide bonds. The summed E-state index contributed by atoms with van der Waals surface area (Å²) in [7, 11) is 1.59. The third-order valence-electron chi connectivity index (χ3n) is 3.46. The molecule has 1 aromatic carbocycles. The number of urea groups is 1. The minimum absolute atomic E-state index is 0.117. The van der Waals surface area contributed by atoms with E-state index in [0.717, 1.165) is 5.56 Å². The summed E-state index contributed by atoms with van der Waals surface area (Å²) >= 11 is 6.15. The summed E-state index contributed by atoms with van der Waals surface area (Å²) in [5, 5.41) is 15.2. The van der Waals surface area contributed by atoms with Crippen molar-refractivity contribution in [3.05, 3.63) is 28.8 Å². The van der Waals surface area contributed by atoms with Gasteiger partial charge in [0.2, 0.25) is 0 Å². The SMILES string of the molecule is COc1ccc(CCNC(=O)NCC(C)(C)CCO)c(Cl)c1. The van der Waals surface area contributed by atoms with Gasteiger partial charge >= 0.3 is 6.03 Å². The average molecular weight is 329 g/mol. The third kappa shape index (κ3) is 6.54. The van der Waals surface area contributed by atoms with Crippen LogP contribution in [0.1, 0.15) is 25.8 Å². The van der Waals surface area contributed by atoms with Gasteiger partial charge in [0.05, 0.1) is 7.11 Å². The molecule has 22 heavy (non-hydrogen) atoms. The lowest BCUT2D eigenvalue weighted by Gasteiger charge is -2.23. The molecular formula is C16H25ClN2O3. The Morgan fingerprint density at radius 1 is 1.36 bits per heavy atom. The molecule has 6 heteroatoms. The lowest BCUT2D eigenvalue weighted by molar-refractivity contribution is 0.201. The van der Waals surface area contributed by atoms with Crippen molar-refractivity contribution in [3.8, 4) is 5.75 Å². The first-order valence-corrected chi connectivity index (χ1v) is 7.71. The Balaban J connectivity index is 2.33. The number of aliphatic hydroxyl groups excluding tert-OH is 1. The number of carbonyl (C=O) groups is 1. The van der Waals surface area contributed by atoms with Crippen LogP contribution >= 0.6 is 11.6 Å². The number of halogens is 1. The lowest BCUT2D eigenvalue weighted by atomic mass is 9.90. The van der Waals surface area contributed by atoms with E-state index in [-0.39, 0.29) is 18.1 Å². The number of hydrogen-bond acceptors (Lipinski definition) is 3. The molecule has 5 nitrogen and oxygen atoms in total. The summed E-state index contributed by atoms with van der Waals surface area (Å²) in [5.41, 5.74) is 0.842. The Morgan fingerprint density at radius 3 is 2.68 bits per heavy atom. The van der Waals surface area contributed by atoms with Gasteiger partial charge in [-0.15, -0.1) is 0 Å². The topological polar surface area (TPSA) is 70.6 Å². The molecule has 0 aromatic heterocycles. The minimum atomic E-state index is -0.212. The zero-order valence-electron chi connectivity index (χ0n) is 13.4. The molecule has 0 spiro atoms. The molecule has 0 fully saturated rings. The fourth-order valence-electron chi connectivity index (χ4n) is 1.94. The van der Waals surface area contributed by atoms with E-state index in [0.29, 0.717) is 36.7 Å². The second kappa shape index (κ2) is 8.86. The van der Waals surface area contributed by atoms with Crippen molar-refractivity contribution < 1.29 is 14.6 Å². The molecule has 0 saturated carbocycles. The summed E-state index contributed by atoms with van der Waals surface area (Å²) in [5.74, 6) is 0.713. The van der Waals surface area contributed by atoms with Crippen LogP contribution in [0.5, 0.6) is 5.75 Å². The molecule has 0 atom stereocenters. The van der Waals surface area contributed by atoms with Gasteiger partial charge in [-0.1, -0.05) is 31.5 Å². The van der Waals surface area contributed by atoms with E-state index >= 15 is 0 Å².